The van der Waals surface area contributed by atoms with Gasteiger partial charge in [0.25, 0.3) is 0 Å². The maximum absolute atomic E-state index is 13.7. The van der Waals surface area contributed by atoms with Crippen LogP contribution in [0.3, 0.4) is 0 Å². The summed E-state index contributed by atoms with van der Waals surface area (Å²) >= 11 is 0. The summed E-state index contributed by atoms with van der Waals surface area (Å²) < 4.78 is 18.2. The van der Waals surface area contributed by atoms with E-state index < -0.39 is 11.8 Å². The van der Waals surface area contributed by atoms with Gasteiger partial charge in [-0.2, -0.15) is 0 Å². The highest BCUT2D eigenvalue weighted by molar-refractivity contribution is 5.89. The third-order valence-corrected chi connectivity index (χ3v) is 2.43. The molecule has 0 radical (unpaired) electrons. The van der Waals surface area contributed by atoms with Crippen LogP contribution < -0.4 is 0 Å². The van der Waals surface area contributed by atoms with Crippen LogP contribution in [0.2, 0.25) is 0 Å². The lowest BCUT2D eigenvalue weighted by atomic mass is 10.1. The van der Waals surface area contributed by atoms with Gasteiger partial charge in [-0.05, 0) is 18.2 Å². The molecule has 0 heterocycles. The molecule has 0 saturated carbocycles. The van der Waals surface area contributed by atoms with Gasteiger partial charge in [-0.15, -0.1) is 0 Å². The summed E-state index contributed by atoms with van der Waals surface area (Å²) in [5.41, 5.74) is 0.455. The van der Waals surface area contributed by atoms with Crippen LogP contribution in [0.4, 0.5) is 4.39 Å². The number of esters is 1. The molecule has 0 N–H and O–H groups in total. The number of halogens is 1. The normalized spacial score (nSPS) is 9.72. The van der Waals surface area contributed by atoms with Crippen molar-refractivity contribution in [1.82, 2.24) is 4.90 Å². The van der Waals surface area contributed by atoms with Crippen molar-refractivity contribution in [1.29, 1.82) is 0 Å². The van der Waals surface area contributed by atoms with Crippen LogP contribution in [0.15, 0.2) is 30.9 Å². The Balaban J connectivity index is 2.89. The van der Waals surface area contributed by atoms with E-state index in [1.54, 1.807) is 0 Å². The predicted molar refractivity (Wildman–Crippen MR) is 64.4 cm³/mol. The molecule has 1 aromatic rings. The number of carbonyl (C=O) groups excluding carboxylic acids is 2. The third kappa shape index (κ3) is 3.16. The first-order chi connectivity index (χ1) is 8.49. The average molecular weight is 251 g/mol. The molecule has 0 spiro atoms. The molecule has 0 bridgehead atoms. The van der Waals surface area contributed by atoms with Crippen molar-refractivity contribution in [2.24, 2.45) is 0 Å². The zero-order valence-corrected chi connectivity index (χ0v) is 10.3. The van der Waals surface area contributed by atoms with Crippen molar-refractivity contribution in [3.05, 3.63) is 47.8 Å². The van der Waals surface area contributed by atoms with E-state index in [1.165, 1.54) is 31.2 Å². The third-order valence-electron chi connectivity index (χ3n) is 2.43. The fourth-order valence-corrected chi connectivity index (χ4v) is 1.41. The standard InChI is InChI=1S/C13H14FNO3/c1-4-12(16)15(2)8-10-6-5-9(7-11(10)14)13(17)18-3/h4-7H,1,8H2,2-3H3. The number of rotatable bonds is 4. The molecule has 96 valence electrons. The Morgan fingerprint density at radius 1 is 1.50 bits per heavy atom. The predicted octanol–water partition coefficient (Wildman–Crippen LogP) is 1.76. The second-order valence-corrected chi connectivity index (χ2v) is 3.70. The molecule has 0 aliphatic rings. The second-order valence-electron chi connectivity index (χ2n) is 3.70. The van der Waals surface area contributed by atoms with Gasteiger partial charge < -0.3 is 9.64 Å². The van der Waals surface area contributed by atoms with Crippen molar-refractivity contribution in [3.8, 4) is 0 Å². The molecule has 0 fully saturated rings. The Hall–Kier alpha value is -2.17. The maximum atomic E-state index is 13.7. The van der Waals surface area contributed by atoms with Gasteiger partial charge in [-0.1, -0.05) is 12.6 Å². The van der Waals surface area contributed by atoms with Gasteiger partial charge in [0.15, 0.2) is 0 Å². The Morgan fingerprint density at radius 3 is 2.67 bits per heavy atom. The fraction of sp³-hybridized carbons (Fsp3) is 0.231. The minimum atomic E-state index is -0.601. The lowest BCUT2D eigenvalue weighted by Crippen LogP contribution is -2.24. The van der Waals surface area contributed by atoms with Crippen molar-refractivity contribution >= 4 is 11.9 Å². The highest BCUT2D eigenvalue weighted by atomic mass is 19.1. The fourth-order valence-electron chi connectivity index (χ4n) is 1.41. The molecule has 18 heavy (non-hydrogen) atoms. The SMILES string of the molecule is C=CC(=O)N(C)Cc1ccc(C(=O)OC)cc1F. The summed E-state index contributed by atoms with van der Waals surface area (Å²) in [6.45, 7) is 3.46. The Kier molecular flexibility index (Phi) is 4.59. The molecule has 0 atom stereocenters. The molecule has 1 amide bonds. The number of hydrogen-bond donors (Lipinski definition) is 0. The van der Waals surface area contributed by atoms with E-state index in [9.17, 15) is 14.0 Å². The minimum Gasteiger partial charge on any atom is -0.465 e. The van der Waals surface area contributed by atoms with Gasteiger partial charge in [-0.3, -0.25) is 4.79 Å². The molecular weight excluding hydrogens is 237 g/mol. The number of nitrogens with zero attached hydrogens (tertiary/aromatic N) is 1. The zero-order valence-electron chi connectivity index (χ0n) is 10.3. The minimum absolute atomic E-state index is 0.109. The van der Waals surface area contributed by atoms with Gasteiger partial charge >= 0.3 is 5.97 Å². The summed E-state index contributed by atoms with van der Waals surface area (Å²) in [6, 6.07) is 4.00. The summed E-state index contributed by atoms with van der Waals surface area (Å²) in [6.07, 6.45) is 1.15. The number of ether oxygens (including phenoxy) is 1. The van der Waals surface area contributed by atoms with E-state index in [0.29, 0.717) is 5.56 Å². The topological polar surface area (TPSA) is 46.6 Å². The molecule has 0 aliphatic heterocycles. The van der Waals surface area contributed by atoms with Gasteiger partial charge in [-0.25, -0.2) is 9.18 Å². The molecule has 0 aliphatic carbocycles. The molecule has 0 unspecified atom stereocenters. The van der Waals surface area contributed by atoms with Crippen LogP contribution in [0.5, 0.6) is 0 Å². The van der Waals surface area contributed by atoms with E-state index in [-0.39, 0.29) is 18.0 Å². The Bertz CT molecular complexity index is 485. The lowest BCUT2D eigenvalue weighted by molar-refractivity contribution is -0.125. The quantitative estimate of drug-likeness (QED) is 0.605. The van der Waals surface area contributed by atoms with Crippen LogP contribution in [-0.2, 0) is 16.1 Å². The average Bonchev–Trinajstić information content (AvgIpc) is 2.38. The number of carbonyl (C=O) groups is 2. The first kappa shape index (κ1) is 13.9. The van der Waals surface area contributed by atoms with Gasteiger partial charge in [0.1, 0.15) is 5.82 Å². The van der Waals surface area contributed by atoms with Crippen molar-refractivity contribution in [2.75, 3.05) is 14.2 Å². The van der Waals surface area contributed by atoms with Gasteiger partial charge in [0, 0.05) is 19.2 Å². The molecule has 1 rings (SSSR count). The number of methoxy groups -OCH3 is 1. The van der Waals surface area contributed by atoms with Gasteiger partial charge in [0.05, 0.1) is 12.7 Å². The molecule has 5 heteroatoms. The summed E-state index contributed by atoms with van der Waals surface area (Å²) in [7, 11) is 2.77. The highest BCUT2D eigenvalue weighted by Gasteiger charge is 2.12. The lowest BCUT2D eigenvalue weighted by Gasteiger charge is -2.15. The molecule has 0 saturated heterocycles. The number of likely N-dealkylation sites (N-methyl/N-ethyl adjacent to an activating group) is 1. The van der Waals surface area contributed by atoms with Crippen LogP contribution in [0.1, 0.15) is 15.9 Å². The van der Waals surface area contributed by atoms with E-state index in [2.05, 4.69) is 11.3 Å². The smallest absolute Gasteiger partial charge is 0.337 e. The largest absolute Gasteiger partial charge is 0.465 e. The van der Waals surface area contributed by atoms with Crippen molar-refractivity contribution < 1.29 is 18.7 Å². The Labute approximate surface area is 105 Å². The number of hydrogen-bond acceptors (Lipinski definition) is 3. The molecule has 1 aromatic carbocycles. The first-order valence-electron chi connectivity index (χ1n) is 5.24. The zero-order chi connectivity index (χ0) is 13.7. The van der Waals surface area contributed by atoms with E-state index >= 15 is 0 Å². The second kappa shape index (κ2) is 5.95. The first-order valence-corrected chi connectivity index (χ1v) is 5.24. The summed E-state index contributed by atoms with van der Waals surface area (Å²) in [4.78, 5) is 23.8. The summed E-state index contributed by atoms with van der Waals surface area (Å²) in [5, 5.41) is 0. The van der Waals surface area contributed by atoms with Crippen molar-refractivity contribution in [3.63, 3.8) is 0 Å². The van der Waals surface area contributed by atoms with Crippen molar-refractivity contribution in [2.45, 2.75) is 6.54 Å². The van der Waals surface area contributed by atoms with E-state index in [1.807, 2.05) is 0 Å². The summed E-state index contributed by atoms with van der Waals surface area (Å²) in [5.74, 6) is -1.45. The van der Waals surface area contributed by atoms with Crippen LogP contribution in [0, 0.1) is 5.82 Å². The Morgan fingerprint density at radius 2 is 2.17 bits per heavy atom. The number of benzene rings is 1. The van der Waals surface area contributed by atoms with E-state index in [4.69, 9.17) is 0 Å². The van der Waals surface area contributed by atoms with Gasteiger partial charge in [0.2, 0.25) is 5.91 Å². The molecule has 0 aromatic heterocycles. The molecule has 4 nitrogen and oxygen atoms in total. The molecular formula is C13H14FNO3. The van der Waals surface area contributed by atoms with E-state index in [0.717, 1.165) is 12.1 Å². The van der Waals surface area contributed by atoms with Crippen LogP contribution >= 0.6 is 0 Å². The van der Waals surface area contributed by atoms with Crippen LogP contribution in [0.25, 0.3) is 0 Å². The number of amides is 1. The van der Waals surface area contributed by atoms with Crippen LogP contribution in [-0.4, -0.2) is 30.9 Å². The highest BCUT2D eigenvalue weighted by Crippen LogP contribution is 2.13. The maximum Gasteiger partial charge on any atom is 0.337 e. The monoisotopic (exact) mass is 251 g/mol.